The summed E-state index contributed by atoms with van der Waals surface area (Å²) in [6.45, 7) is 1.40. The van der Waals surface area contributed by atoms with Crippen molar-refractivity contribution in [3.8, 4) is 0 Å². The van der Waals surface area contributed by atoms with Crippen molar-refractivity contribution in [2.45, 2.75) is 12.6 Å². The van der Waals surface area contributed by atoms with Crippen LogP contribution in [0.5, 0.6) is 0 Å². The summed E-state index contributed by atoms with van der Waals surface area (Å²) in [7, 11) is 2.00. The van der Waals surface area contributed by atoms with Crippen LogP contribution in [-0.4, -0.2) is 28.6 Å². The third-order valence-corrected chi connectivity index (χ3v) is 2.84. The number of aliphatic hydroxyl groups is 1. The number of aromatic nitrogens is 1. The Morgan fingerprint density at radius 3 is 2.61 bits per heavy atom. The Morgan fingerprint density at radius 2 is 1.94 bits per heavy atom. The first-order chi connectivity index (χ1) is 8.75. The zero-order chi connectivity index (χ0) is 12.8. The minimum atomic E-state index is -0.451. The van der Waals surface area contributed by atoms with E-state index in [9.17, 15) is 5.11 Å². The molecule has 0 aliphatic carbocycles. The Labute approximate surface area is 108 Å². The van der Waals surface area contributed by atoms with Gasteiger partial charge in [0.25, 0.3) is 0 Å². The van der Waals surface area contributed by atoms with Crippen LogP contribution in [0.1, 0.15) is 17.2 Å². The molecule has 0 fully saturated rings. The van der Waals surface area contributed by atoms with E-state index in [1.54, 1.807) is 6.20 Å². The second kappa shape index (κ2) is 6.28. The number of likely N-dealkylation sites (N-methyl/N-ethyl adjacent to an activating group) is 1. The lowest BCUT2D eigenvalue weighted by Gasteiger charge is -2.20. The van der Waals surface area contributed by atoms with Gasteiger partial charge in [-0.05, 0) is 24.2 Å². The van der Waals surface area contributed by atoms with E-state index in [1.165, 1.54) is 0 Å². The van der Waals surface area contributed by atoms with Crippen molar-refractivity contribution in [2.75, 3.05) is 13.6 Å². The first-order valence-corrected chi connectivity index (χ1v) is 6.06. The van der Waals surface area contributed by atoms with Gasteiger partial charge in [0.2, 0.25) is 0 Å². The number of rotatable bonds is 5. The lowest BCUT2D eigenvalue weighted by Crippen LogP contribution is -2.24. The highest BCUT2D eigenvalue weighted by Gasteiger charge is 2.10. The van der Waals surface area contributed by atoms with Crippen LogP contribution in [0.3, 0.4) is 0 Å². The summed E-state index contributed by atoms with van der Waals surface area (Å²) >= 11 is 0. The van der Waals surface area contributed by atoms with Crippen LogP contribution in [0.15, 0.2) is 54.9 Å². The molecule has 3 nitrogen and oxygen atoms in total. The van der Waals surface area contributed by atoms with Gasteiger partial charge in [-0.1, -0.05) is 36.4 Å². The lowest BCUT2D eigenvalue weighted by molar-refractivity contribution is 0.124. The third-order valence-electron chi connectivity index (χ3n) is 2.84. The van der Waals surface area contributed by atoms with Gasteiger partial charge in [-0.15, -0.1) is 0 Å². The molecule has 0 spiro atoms. The van der Waals surface area contributed by atoms with Crippen LogP contribution in [-0.2, 0) is 6.54 Å². The first-order valence-electron chi connectivity index (χ1n) is 6.06. The van der Waals surface area contributed by atoms with E-state index in [4.69, 9.17) is 0 Å². The number of hydrogen-bond donors (Lipinski definition) is 1. The minimum absolute atomic E-state index is 0.451. The van der Waals surface area contributed by atoms with Gasteiger partial charge in [0.1, 0.15) is 0 Å². The van der Waals surface area contributed by atoms with Gasteiger partial charge in [-0.25, -0.2) is 0 Å². The molecule has 0 unspecified atom stereocenters. The topological polar surface area (TPSA) is 36.4 Å². The quantitative estimate of drug-likeness (QED) is 0.873. The van der Waals surface area contributed by atoms with E-state index in [-0.39, 0.29) is 0 Å². The van der Waals surface area contributed by atoms with Gasteiger partial charge in [0.15, 0.2) is 0 Å². The normalized spacial score (nSPS) is 12.6. The Kier molecular flexibility index (Phi) is 4.45. The van der Waals surface area contributed by atoms with Crippen LogP contribution in [0.4, 0.5) is 0 Å². The standard InChI is InChI=1S/C15H18N2O/c1-17(11-13-6-5-9-16-10-13)12-15(18)14-7-3-2-4-8-14/h2-10,15,18H,11-12H2,1H3/t15-/m1/s1. The second-order valence-corrected chi connectivity index (χ2v) is 4.48. The molecular formula is C15H18N2O. The molecule has 0 amide bonds. The van der Waals surface area contributed by atoms with Crippen LogP contribution in [0.25, 0.3) is 0 Å². The number of benzene rings is 1. The Bertz CT molecular complexity index is 458. The van der Waals surface area contributed by atoms with Crippen molar-refractivity contribution in [1.29, 1.82) is 0 Å². The van der Waals surface area contributed by atoms with Gasteiger partial charge >= 0.3 is 0 Å². The zero-order valence-electron chi connectivity index (χ0n) is 10.5. The molecule has 94 valence electrons. The maximum atomic E-state index is 10.1. The molecule has 0 aliphatic rings. The van der Waals surface area contributed by atoms with Crippen LogP contribution in [0.2, 0.25) is 0 Å². The molecule has 1 heterocycles. The number of hydrogen-bond acceptors (Lipinski definition) is 3. The molecule has 0 saturated heterocycles. The third kappa shape index (κ3) is 3.65. The predicted molar refractivity (Wildman–Crippen MR) is 72.0 cm³/mol. The van der Waals surface area contributed by atoms with Gasteiger partial charge < -0.3 is 5.11 Å². The Hall–Kier alpha value is -1.71. The highest BCUT2D eigenvalue weighted by Crippen LogP contribution is 2.14. The largest absolute Gasteiger partial charge is 0.387 e. The van der Waals surface area contributed by atoms with E-state index in [0.717, 1.165) is 17.7 Å². The predicted octanol–water partition coefficient (Wildman–Crippen LogP) is 2.25. The molecule has 1 aromatic carbocycles. The molecular weight excluding hydrogens is 224 g/mol. The fourth-order valence-electron chi connectivity index (χ4n) is 1.94. The van der Waals surface area contributed by atoms with E-state index in [0.29, 0.717) is 6.54 Å². The van der Waals surface area contributed by atoms with Gasteiger partial charge in [0.05, 0.1) is 6.10 Å². The molecule has 1 N–H and O–H groups in total. The fraction of sp³-hybridized carbons (Fsp3) is 0.267. The Morgan fingerprint density at radius 1 is 1.17 bits per heavy atom. The molecule has 2 aromatic rings. The van der Waals surface area contributed by atoms with Crippen molar-refractivity contribution < 1.29 is 5.11 Å². The SMILES string of the molecule is CN(Cc1cccnc1)C[C@@H](O)c1ccccc1. The van der Waals surface area contributed by atoms with Gasteiger partial charge in [0, 0.05) is 25.5 Å². The molecule has 0 radical (unpaired) electrons. The fourth-order valence-corrected chi connectivity index (χ4v) is 1.94. The van der Waals surface area contributed by atoms with E-state index < -0.39 is 6.10 Å². The summed E-state index contributed by atoms with van der Waals surface area (Å²) in [6, 6.07) is 13.7. The number of pyridine rings is 1. The van der Waals surface area contributed by atoms with E-state index in [1.807, 2.05) is 55.7 Å². The van der Waals surface area contributed by atoms with Gasteiger partial charge in [-0.2, -0.15) is 0 Å². The van der Waals surface area contributed by atoms with Crippen molar-refractivity contribution >= 4 is 0 Å². The summed E-state index contributed by atoms with van der Waals surface area (Å²) < 4.78 is 0. The first kappa shape index (κ1) is 12.7. The molecule has 18 heavy (non-hydrogen) atoms. The summed E-state index contributed by atoms with van der Waals surface area (Å²) in [5, 5.41) is 10.1. The molecule has 0 bridgehead atoms. The van der Waals surface area contributed by atoms with Crippen molar-refractivity contribution in [3.63, 3.8) is 0 Å². The van der Waals surface area contributed by atoms with Crippen LogP contribution >= 0.6 is 0 Å². The smallest absolute Gasteiger partial charge is 0.0916 e. The molecule has 1 aromatic heterocycles. The molecule has 0 aliphatic heterocycles. The zero-order valence-corrected chi connectivity index (χ0v) is 10.5. The number of nitrogens with zero attached hydrogens (tertiary/aromatic N) is 2. The molecule has 2 rings (SSSR count). The van der Waals surface area contributed by atoms with Crippen molar-refractivity contribution in [2.24, 2.45) is 0 Å². The maximum absolute atomic E-state index is 10.1. The average Bonchev–Trinajstić information content (AvgIpc) is 2.40. The highest BCUT2D eigenvalue weighted by atomic mass is 16.3. The summed E-state index contributed by atoms with van der Waals surface area (Å²) in [5.41, 5.74) is 2.11. The van der Waals surface area contributed by atoms with Gasteiger partial charge in [-0.3, -0.25) is 9.88 Å². The molecule has 1 atom stereocenters. The van der Waals surface area contributed by atoms with E-state index in [2.05, 4.69) is 9.88 Å². The van der Waals surface area contributed by atoms with E-state index >= 15 is 0 Å². The number of aliphatic hydroxyl groups excluding tert-OH is 1. The molecule has 3 heteroatoms. The minimum Gasteiger partial charge on any atom is -0.387 e. The Balaban J connectivity index is 1.90. The average molecular weight is 242 g/mol. The second-order valence-electron chi connectivity index (χ2n) is 4.48. The van der Waals surface area contributed by atoms with Crippen molar-refractivity contribution in [1.82, 2.24) is 9.88 Å². The van der Waals surface area contributed by atoms with Crippen LogP contribution in [0, 0.1) is 0 Å². The van der Waals surface area contributed by atoms with Crippen molar-refractivity contribution in [3.05, 3.63) is 66.0 Å². The van der Waals surface area contributed by atoms with Crippen LogP contribution < -0.4 is 0 Å². The summed E-state index contributed by atoms with van der Waals surface area (Å²) in [6.07, 6.45) is 3.17. The summed E-state index contributed by atoms with van der Waals surface area (Å²) in [4.78, 5) is 6.18. The monoisotopic (exact) mass is 242 g/mol. The lowest BCUT2D eigenvalue weighted by atomic mass is 10.1. The highest BCUT2D eigenvalue weighted by molar-refractivity contribution is 5.17. The summed E-state index contributed by atoms with van der Waals surface area (Å²) in [5.74, 6) is 0. The maximum Gasteiger partial charge on any atom is 0.0916 e. The molecule has 0 saturated carbocycles.